The van der Waals surface area contributed by atoms with Crippen LogP contribution >= 0.6 is 12.6 Å². The van der Waals surface area contributed by atoms with Gasteiger partial charge < -0.3 is 0 Å². The highest BCUT2D eigenvalue weighted by Gasteiger charge is 1.97. The maximum Gasteiger partial charge on any atom is 0.178 e. The van der Waals surface area contributed by atoms with Crippen molar-refractivity contribution in [2.75, 3.05) is 5.75 Å². The summed E-state index contributed by atoms with van der Waals surface area (Å²) in [7, 11) is 0. The highest BCUT2D eigenvalue weighted by molar-refractivity contribution is 7.80. The Labute approximate surface area is 122 Å². The first-order valence-corrected chi connectivity index (χ1v) is 7.89. The molecule has 0 fully saturated rings. The Morgan fingerprint density at radius 3 is 1.47 bits per heavy atom. The summed E-state index contributed by atoms with van der Waals surface area (Å²) in [5.41, 5.74) is 0. The van der Waals surface area contributed by atoms with Crippen molar-refractivity contribution < 1.29 is 9.59 Å². The number of rotatable bonds is 8. The van der Waals surface area contributed by atoms with Crippen molar-refractivity contribution in [2.24, 2.45) is 0 Å². The van der Waals surface area contributed by atoms with Crippen LogP contribution in [0.5, 0.6) is 0 Å². The molecule has 19 heavy (non-hydrogen) atoms. The summed E-state index contributed by atoms with van der Waals surface area (Å²) >= 11 is 4.18. The van der Waals surface area contributed by atoms with Crippen molar-refractivity contribution in [1.29, 1.82) is 0 Å². The zero-order valence-corrected chi connectivity index (χ0v) is 12.8. The summed E-state index contributed by atoms with van der Waals surface area (Å²) in [4.78, 5) is 20.6. The van der Waals surface area contributed by atoms with E-state index in [0.29, 0.717) is 0 Å². The summed E-state index contributed by atoms with van der Waals surface area (Å²) in [6.45, 7) is 2.26. The largest absolute Gasteiger partial charge is 0.290 e. The molecule has 0 atom stereocenters. The zero-order chi connectivity index (χ0) is 14.3. The number of hydrogen-bond acceptors (Lipinski definition) is 3. The van der Waals surface area contributed by atoms with Crippen molar-refractivity contribution >= 4 is 24.2 Å². The van der Waals surface area contributed by atoms with Gasteiger partial charge in [-0.2, -0.15) is 12.6 Å². The summed E-state index contributed by atoms with van der Waals surface area (Å²) < 4.78 is 0. The van der Waals surface area contributed by atoms with E-state index >= 15 is 0 Å². The molecule has 1 rings (SSSR count). The SMILES string of the molecule is CCCCCCCCCCS.O=C1C=CC(=O)C=C1. The van der Waals surface area contributed by atoms with Crippen LogP contribution in [0.3, 0.4) is 0 Å². The van der Waals surface area contributed by atoms with E-state index in [1.165, 1.54) is 75.7 Å². The lowest BCUT2D eigenvalue weighted by atomic mass is 10.1. The topological polar surface area (TPSA) is 34.1 Å². The van der Waals surface area contributed by atoms with Crippen LogP contribution in [0.25, 0.3) is 0 Å². The molecular weight excluding hydrogens is 256 g/mol. The van der Waals surface area contributed by atoms with Crippen LogP contribution in [-0.4, -0.2) is 17.3 Å². The van der Waals surface area contributed by atoms with Gasteiger partial charge in [0.1, 0.15) is 0 Å². The molecule has 0 saturated heterocycles. The maximum absolute atomic E-state index is 10.3. The highest BCUT2D eigenvalue weighted by atomic mass is 32.1. The first-order chi connectivity index (χ1) is 9.20. The first-order valence-electron chi connectivity index (χ1n) is 7.25. The number of unbranched alkanes of at least 4 members (excludes halogenated alkanes) is 7. The molecular formula is C16H26O2S. The van der Waals surface area contributed by atoms with Crippen LogP contribution in [0.15, 0.2) is 24.3 Å². The summed E-state index contributed by atoms with van der Waals surface area (Å²) in [5.74, 6) is 0.823. The van der Waals surface area contributed by atoms with Gasteiger partial charge in [0.2, 0.25) is 0 Å². The maximum atomic E-state index is 10.3. The van der Waals surface area contributed by atoms with Crippen LogP contribution in [0.2, 0.25) is 0 Å². The van der Waals surface area contributed by atoms with Gasteiger partial charge in [-0.1, -0.05) is 51.9 Å². The van der Waals surface area contributed by atoms with Crippen molar-refractivity contribution in [3.63, 3.8) is 0 Å². The Hall–Kier alpha value is -0.830. The molecule has 0 unspecified atom stereocenters. The standard InChI is InChI=1S/C10H22S.C6H4O2/c1-2-3-4-5-6-7-8-9-10-11;7-5-1-2-6(8)4-3-5/h11H,2-10H2,1H3;1-4H. The third-order valence-electron chi connectivity index (χ3n) is 2.84. The van der Waals surface area contributed by atoms with E-state index in [9.17, 15) is 9.59 Å². The van der Waals surface area contributed by atoms with Gasteiger partial charge in [-0.05, 0) is 36.5 Å². The molecule has 0 aromatic rings. The third kappa shape index (κ3) is 13.4. The molecule has 3 heteroatoms. The van der Waals surface area contributed by atoms with Gasteiger partial charge in [0.05, 0.1) is 0 Å². The van der Waals surface area contributed by atoms with Crippen molar-refractivity contribution in [2.45, 2.75) is 58.3 Å². The Morgan fingerprint density at radius 2 is 1.11 bits per heavy atom. The molecule has 108 valence electrons. The number of ketones is 2. The van der Waals surface area contributed by atoms with E-state index in [-0.39, 0.29) is 11.6 Å². The first kappa shape index (κ1) is 18.2. The molecule has 1 aliphatic rings. The number of carbonyl (C=O) groups is 2. The minimum atomic E-state index is -0.121. The molecule has 0 bridgehead atoms. The second-order valence-corrected chi connectivity index (χ2v) is 5.12. The molecule has 0 amide bonds. The van der Waals surface area contributed by atoms with Crippen LogP contribution in [0.1, 0.15) is 58.3 Å². The highest BCUT2D eigenvalue weighted by Crippen LogP contribution is 2.08. The molecule has 0 radical (unpaired) electrons. The monoisotopic (exact) mass is 282 g/mol. The molecule has 0 aromatic heterocycles. The zero-order valence-electron chi connectivity index (χ0n) is 11.9. The normalized spacial score (nSPS) is 13.4. The molecule has 0 aromatic carbocycles. The van der Waals surface area contributed by atoms with Gasteiger partial charge >= 0.3 is 0 Å². The Balaban J connectivity index is 0.000000356. The number of hydrogen-bond donors (Lipinski definition) is 1. The Kier molecular flexibility index (Phi) is 13.0. The summed E-state index contributed by atoms with van der Waals surface area (Å²) in [5, 5.41) is 0. The predicted molar refractivity (Wildman–Crippen MR) is 84.8 cm³/mol. The lowest BCUT2D eigenvalue weighted by Crippen LogP contribution is -1.97. The van der Waals surface area contributed by atoms with E-state index in [0.717, 1.165) is 5.75 Å². The van der Waals surface area contributed by atoms with E-state index in [2.05, 4.69) is 19.6 Å². The van der Waals surface area contributed by atoms with Crippen LogP contribution in [0, 0.1) is 0 Å². The van der Waals surface area contributed by atoms with E-state index < -0.39 is 0 Å². The number of allylic oxidation sites excluding steroid dienone is 4. The van der Waals surface area contributed by atoms with E-state index in [1.54, 1.807) is 0 Å². The average Bonchev–Trinajstić information content (AvgIpc) is 2.42. The van der Waals surface area contributed by atoms with Gasteiger partial charge in [0.25, 0.3) is 0 Å². The minimum absolute atomic E-state index is 0.121. The van der Waals surface area contributed by atoms with Crippen molar-refractivity contribution in [3.05, 3.63) is 24.3 Å². The molecule has 0 heterocycles. The number of thiol groups is 1. The lowest BCUT2D eigenvalue weighted by molar-refractivity contribution is -0.113. The van der Waals surface area contributed by atoms with Crippen molar-refractivity contribution in [3.8, 4) is 0 Å². The van der Waals surface area contributed by atoms with Gasteiger partial charge in [-0.25, -0.2) is 0 Å². The smallest absolute Gasteiger partial charge is 0.178 e. The molecule has 0 aliphatic heterocycles. The fourth-order valence-electron chi connectivity index (χ4n) is 1.69. The van der Waals surface area contributed by atoms with Crippen LogP contribution < -0.4 is 0 Å². The van der Waals surface area contributed by atoms with Gasteiger partial charge in [-0.15, -0.1) is 0 Å². The van der Waals surface area contributed by atoms with Gasteiger partial charge in [0.15, 0.2) is 11.6 Å². The quantitative estimate of drug-likeness (QED) is 0.409. The van der Waals surface area contributed by atoms with Crippen LogP contribution in [0.4, 0.5) is 0 Å². The van der Waals surface area contributed by atoms with Crippen LogP contribution in [-0.2, 0) is 9.59 Å². The predicted octanol–water partition coefficient (Wildman–Crippen LogP) is 4.31. The fourth-order valence-corrected chi connectivity index (χ4v) is 1.91. The molecule has 1 aliphatic carbocycles. The molecule has 0 saturated carbocycles. The average molecular weight is 282 g/mol. The van der Waals surface area contributed by atoms with Gasteiger partial charge in [-0.3, -0.25) is 9.59 Å². The van der Waals surface area contributed by atoms with Crippen molar-refractivity contribution in [1.82, 2.24) is 0 Å². The minimum Gasteiger partial charge on any atom is -0.290 e. The molecule has 0 spiro atoms. The summed E-state index contributed by atoms with van der Waals surface area (Å²) in [6.07, 6.45) is 16.2. The molecule has 0 N–H and O–H groups in total. The number of carbonyl (C=O) groups excluding carboxylic acids is 2. The van der Waals surface area contributed by atoms with E-state index in [4.69, 9.17) is 0 Å². The van der Waals surface area contributed by atoms with E-state index in [1.807, 2.05) is 0 Å². The summed E-state index contributed by atoms with van der Waals surface area (Å²) in [6, 6.07) is 0. The Bertz CT molecular complexity index is 260. The fraction of sp³-hybridized carbons (Fsp3) is 0.625. The second-order valence-electron chi connectivity index (χ2n) is 4.67. The third-order valence-corrected chi connectivity index (χ3v) is 3.15. The molecule has 2 nitrogen and oxygen atoms in total. The Morgan fingerprint density at radius 1 is 0.737 bits per heavy atom. The second kappa shape index (κ2) is 13.6. The van der Waals surface area contributed by atoms with Gasteiger partial charge in [0, 0.05) is 0 Å². The lowest BCUT2D eigenvalue weighted by Gasteiger charge is -1.98.